The zero-order valence-electron chi connectivity index (χ0n) is 20.5. The molecule has 0 unspecified atom stereocenters. The van der Waals surface area contributed by atoms with E-state index < -0.39 is 23.3 Å². The Kier molecular flexibility index (Phi) is 7.07. The Morgan fingerprint density at radius 3 is 2.54 bits per heavy atom. The van der Waals surface area contributed by atoms with E-state index in [0.717, 1.165) is 18.9 Å². The summed E-state index contributed by atoms with van der Waals surface area (Å²) < 4.78 is 60.0. The lowest BCUT2D eigenvalue weighted by Gasteiger charge is -2.21. The van der Waals surface area contributed by atoms with Gasteiger partial charge in [-0.25, -0.2) is 23.1 Å². The molecule has 0 bridgehead atoms. The molecule has 35 heavy (non-hydrogen) atoms. The maximum absolute atomic E-state index is 15.0. The third-order valence-corrected chi connectivity index (χ3v) is 5.83. The second-order valence-corrected chi connectivity index (χ2v) is 9.06. The Morgan fingerprint density at radius 2 is 1.89 bits per heavy atom. The number of ether oxygens (including phenoxy) is 3. The number of aryl methyl sites for hydroxylation is 1. The number of benzene rings is 2. The van der Waals surface area contributed by atoms with E-state index in [1.807, 2.05) is 6.92 Å². The summed E-state index contributed by atoms with van der Waals surface area (Å²) in [5.41, 5.74) is 0.0760. The number of nitrogens with one attached hydrogen (secondary N) is 1. The third kappa shape index (κ3) is 5.78. The molecular formula is C26H30F3N3O3. The molecule has 1 aliphatic rings. The number of hydrogen-bond donors (Lipinski definition) is 1. The Balaban J connectivity index is 1.66. The van der Waals surface area contributed by atoms with Crippen molar-refractivity contribution in [1.29, 1.82) is 0 Å². The number of nitrogens with zero attached hydrogens (tertiary/aromatic N) is 2. The summed E-state index contributed by atoms with van der Waals surface area (Å²) in [6.07, 6.45) is 2.26. The number of halogens is 3. The topological polar surface area (TPSA) is 65.5 Å². The van der Waals surface area contributed by atoms with Crippen LogP contribution in [0.4, 0.5) is 19.0 Å². The van der Waals surface area contributed by atoms with Gasteiger partial charge in [0, 0.05) is 23.9 Å². The minimum absolute atomic E-state index is 0.115. The van der Waals surface area contributed by atoms with Gasteiger partial charge in [-0.3, -0.25) is 0 Å². The molecule has 0 saturated heterocycles. The fraction of sp³-hybridized carbons (Fsp3) is 0.462. The molecule has 2 atom stereocenters. The quantitative estimate of drug-likeness (QED) is 0.360. The monoisotopic (exact) mass is 489 g/mol. The van der Waals surface area contributed by atoms with Gasteiger partial charge < -0.3 is 19.5 Å². The van der Waals surface area contributed by atoms with Crippen molar-refractivity contribution in [2.24, 2.45) is 0 Å². The summed E-state index contributed by atoms with van der Waals surface area (Å²) in [5, 5.41) is 3.80. The van der Waals surface area contributed by atoms with Crippen LogP contribution in [0.5, 0.6) is 11.5 Å². The molecule has 0 amide bonds. The summed E-state index contributed by atoms with van der Waals surface area (Å²) in [6.45, 7) is 6.48. The van der Waals surface area contributed by atoms with Gasteiger partial charge in [0.1, 0.15) is 23.6 Å². The highest BCUT2D eigenvalue weighted by Gasteiger charge is 2.30. The SMILES string of the molecule is COc1cc2nc(C)nc(N[C@H](C)c3cccc(C(C)(F)F)c3F)c2cc1O[C@H](C)COC1CC1. The van der Waals surface area contributed by atoms with Gasteiger partial charge in [-0.15, -0.1) is 0 Å². The fourth-order valence-corrected chi connectivity index (χ4v) is 3.88. The second-order valence-electron chi connectivity index (χ2n) is 9.06. The first-order valence-electron chi connectivity index (χ1n) is 11.6. The predicted octanol–water partition coefficient (Wildman–Crippen LogP) is 6.32. The molecule has 0 aliphatic heterocycles. The standard InChI is InChI=1S/C26H30F3N3O3/c1-14(13-34-17-9-10-17)35-23-11-19-21(12-22(23)33-5)31-16(3)32-25(19)30-15(2)18-7-6-8-20(24(18)27)26(4,28)29/h6-8,11-12,14-15,17H,9-10,13H2,1-5H3,(H,30,31,32)/t14-,15-/m1/s1. The molecule has 3 aromatic rings. The minimum Gasteiger partial charge on any atom is -0.493 e. The van der Waals surface area contributed by atoms with Crippen molar-refractivity contribution in [3.05, 3.63) is 53.1 Å². The van der Waals surface area contributed by atoms with Crippen LogP contribution in [0, 0.1) is 12.7 Å². The van der Waals surface area contributed by atoms with E-state index >= 15 is 0 Å². The molecule has 6 nitrogen and oxygen atoms in total. The number of aromatic nitrogens is 2. The van der Waals surface area contributed by atoms with Crippen LogP contribution in [0.2, 0.25) is 0 Å². The molecule has 1 fully saturated rings. The molecule has 1 heterocycles. The van der Waals surface area contributed by atoms with Crippen LogP contribution in [0.3, 0.4) is 0 Å². The largest absolute Gasteiger partial charge is 0.493 e. The zero-order chi connectivity index (χ0) is 25.3. The predicted molar refractivity (Wildman–Crippen MR) is 128 cm³/mol. The lowest BCUT2D eigenvalue weighted by Crippen LogP contribution is -2.20. The maximum atomic E-state index is 15.0. The average molecular weight is 490 g/mol. The molecule has 188 valence electrons. The van der Waals surface area contributed by atoms with Crippen LogP contribution in [-0.4, -0.2) is 35.9 Å². The van der Waals surface area contributed by atoms with Crippen molar-refractivity contribution >= 4 is 16.7 Å². The van der Waals surface area contributed by atoms with E-state index in [0.29, 0.717) is 53.7 Å². The van der Waals surface area contributed by atoms with E-state index in [9.17, 15) is 13.2 Å². The molecule has 1 N–H and O–H groups in total. The third-order valence-electron chi connectivity index (χ3n) is 5.83. The van der Waals surface area contributed by atoms with Gasteiger partial charge >= 0.3 is 0 Å². The Labute approximate surface area is 202 Å². The summed E-state index contributed by atoms with van der Waals surface area (Å²) >= 11 is 0. The lowest BCUT2D eigenvalue weighted by molar-refractivity contribution is 0.0136. The number of methoxy groups -OCH3 is 1. The van der Waals surface area contributed by atoms with E-state index in [1.165, 1.54) is 12.1 Å². The minimum atomic E-state index is -3.29. The van der Waals surface area contributed by atoms with E-state index in [-0.39, 0.29) is 11.7 Å². The Morgan fingerprint density at radius 1 is 1.14 bits per heavy atom. The van der Waals surface area contributed by atoms with Gasteiger partial charge in [0.2, 0.25) is 0 Å². The Bertz CT molecular complexity index is 1210. The first kappa shape index (κ1) is 25.0. The van der Waals surface area contributed by atoms with Crippen molar-refractivity contribution in [2.75, 3.05) is 19.0 Å². The van der Waals surface area contributed by atoms with Gasteiger partial charge in [-0.1, -0.05) is 18.2 Å². The van der Waals surface area contributed by atoms with Crippen molar-refractivity contribution in [3.63, 3.8) is 0 Å². The zero-order valence-corrected chi connectivity index (χ0v) is 20.5. The number of rotatable bonds is 10. The van der Waals surface area contributed by atoms with Crippen LogP contribution in [0.1, 0.15) is 56.6 Å². The van der Waals surface area contributed by atoms with Gasteiger partial charge in [-0.05, 0) is 39.7 Å². The van der Waals surface area contributed by atoms with Gasteiger partial charge in [0.15, 0.2) is 11.5 Å². The molecule has 0 spiro atoms. The van der Waals surface area contributed by atoms with Crippen LogP contribution >= 0.6 is 0 Å². The van der Waals surface area contributed by atoms with Crippen molar-refractivity contribution in [2.45, 2.75) is 64.7 Å². The molecule has 0 radical (unpaired) electrons. The maximum Gasteiger partial charge on any atom is 0.273 e. The smallest absolute Gasteiger partial charge is 0.273 e. The lowest BCUT2D eigenvalue weighted by atomic mass is 10.0. The molecule has 1 aromatic heterocycles. The van der Waals surface area contributed by atoms with Crippen LogP contribution in [0.15, 0.2) is 30.3 Å². The van der Waals surface area contributed by atoms with E-state index in [2.05, 4.69) is 15.3 Å². The van der Waals surface area contributed by atoms with Gasteiger partial charge in [0.25, 0.3) is 5.92 Å². The number of hydrogen-bond acceptors (Lipinski definition) is 6. The van der Waals surface area contributed by atoms with E-state index in [4.69, 9.17) is 14.2 Å². The first-order chi connectivity index (χ1) is 16.6. The molecule has 2 aromatic carbocycles. The highest BCUT2D eigenvalue weighted by molar-refractivity contribution is 5.92. The number of fused-ring (bicyclic) bond motifs is 1. The van der Waals surface area contributed by atoms with E-state index in [1.54, 1.807) is 33.1 Å². The molecular weight excluding hydrogens is 459 g/mol. The normalized spacial score (nSPS) is 15.7. The van der Waals surface area contributed by atoms with Crippen molar-refractivity contribution in [1.82, 2.24) is 9.97 Å². The van der Waals surface area contributed by atoms with Crippen LogP contribution < -0.4 is 14.8 Å². The van der Waals surface area contributed by atoms with Crippen molar-refractivity contribution in [3.8, 4) is 11.5 Å². The Hall–Kier alpha value is -3.07. The van der Waals surface area contributed by atoms with Gasteiger partial charge in [0.05, 0.1) is 36.9 Å². The summed E-state index contributed by atoms with van der Waals surface area (Å²) in [5.74, 6) is -2.30. The van der Waals surface area contributed by atoms with Crippen molar-refractivity contribution < 1.29 is 27.4 Å². The van der Waals surface area contributed by atoms with Crippen LogP contribution in [0.25, 0.3) is 10.9 Å². The average Bonchev–Trinajstić information content (AvgIpc) is 3.61. The summed E-state index contributed by atoms with van der Waals surface area (Å²) in [6, 6.07) is 6.88. The second kappa shape index (κ2) is 9.89. The fourth-order valence-electron chi connectivity index (χ4n) is 3.88. The number of anilines is 1. The highest BCUT2D eigenvalue weighted by Crippen LogP contribution is 2.37. The highest BCUT2D eigenvalue weighted by atomic mass is 19.3. The van der Waals surface area contributed by atoms with Crippen LogP contribution in [-0.2, 0) is 10.7 Å². The molecule has 9 heteroatoms. The molecule has 4 rings (SSSR count). The summed E-state index contributed by atoms with van der Waals surface area (Å²) in [7, 11) is 1.55. The molecule has 1 saturated carbocycles. The summed E-state index contributed by atoms with van der Waals surface area (Å²) in [4.78, 5) is 8.99. The first-order valence-corrected chi connectivity index (χ1v) is 11.6. The molecule has 1 aliphatic carbocycles. The van der Waals surface area contributed by atoms with Gasteiger partial charge in [-0.2, -0.15) is 0 Å². The number of alkyl halides is 2.